The van der Waals surface area contributed by atoms with Crippen LogP contribution < -0.4 is 9.46 Å². The number of aromatic nitrogens is 1. The zero-order chi connectivity index (χ0) is 16.2. The lowest BCUT2D eigenvalue weighted by atomic mass is 10.1. The summed E-state index contributed by atoms with van der Waals surface area (Å²) in [6, 6.07) is 9.71. The van der Waals surface area contributed by atoms with Crippen molar-refractivity contribution in [1.29, 1.82) is 0 Å². The minimum Gasteiger partial charge on any atom is -0.473 e. The molecule has 1 N–H and O–H groups in total. The molecule has 8 heteroatoms. The fourth-order valence-electron chi connectivity index (χ4n) is 1.58. The van der Waals surface area contributed by atoms with E-state index in [2.05, 4.69) is 4.98 Å². The highest BCUT2D eigenvalue weighted by atomic mass is 35.5. The molecule has 2 aromatic rings. The minimum atomic E-state index is -3.57. The Bertz CT molecular complexity index is 758. The summed E-state index contributed by atoms with van der Waals surface area (Å²) in [4.78, 5) is 15.6. The summed E-state index contributed by atoms with van der Waals surface area (Å²) in [6.07, 6.45) is 2.40. The number of benzene rings is 1. The van der Waals surface area contributed by atoms with Crippen LogP contribution >= 0.6 is 11.6 Å². The summed E-state index contributed by atoms with van der Waals surface area (Å²) in [5.74, 6) is -0.238. The van der Waals surface area contributed by atoms with E-state index < -0.39 is 15.9 Å². The van der Waals surface area contributed by atoms with Crippen molar-refractivity contribution in [3.05, 3.63) is 58.7 Å². The van der Waals surface area contributed by atoms with E-state index in [0.29, 0.717) is 10.9 Å². The van der Waals surface area contributed by atoms with Crippen molar-refractivity contribution in [3.8, 4) is 5.88 Å². The number of carbonyl (C=O) groups is 1. The maximum absolute atomic E-state index is 11.6. The molecule has 0 aliphatic rings. The Morgan fingerprint density at radius 3 is 2.45 bits per heavy atom. The fourth-order valence-corrected chi connectivity index (χ4v) is 2.15. The van der Waals surface area contributed by atoms with Crippen molar-refractivity contribution in [2.24, 2.45) is 0 Å². The van der Waals surface area contributed by atoms with Gasteiger partial charge in [-0.15, -0.1) is 0 Å². The summed E-state index contributed by atoms with van der Waals surface area (Å²) >= 11 is 5.72. The van der Waals surface area contributed by atoms with Crippen LogP contribution in [0, 0.1) is 0 Å². The number of sulfonamides is 1. The Labute approximate surface area is 133 Å². The van der Waals surface area contributed by atoms with Gasteiger partial charge in [0.15, 0.2) is 0 Å². The molecule has 6 nitrogen and oxygen atoms in total. The number of nitrogens with zero attached hydrogens (tertiary/aromatic N) is 1. The van der Waals surface area contributed by atoms with E-state index in [1.54, 1.807) is 24.3 Å². The largest absolute Gasteiger partial charge is 0.473 e. The number of hydrogen-bond acceptors (Lipinski definition) is 5. The summed E-state index contributed by atoms with van der Waals surface area (Å²) < 4.78 is 29.4. The van der Waals surface area contributed by atoms with E-state index in [1.807, 2.05) is 4.72 Å². The highest BCUT2D eigenvalue weighted by Gasteiger charge is 2.10. The van der Waals surface area contributed by atoms with Crippen molar-refractivity contribution in [3.63, 3.8) is 0 Å². The van der Waals surface area contributed by atoms with Gasteiger partial charge in [0.05, 0.1) is 11.3 Å². The first-order chi connectivity index (χ1) is 10.3. The molecule has 1 aromatic carbocycles. The normalized spacial score (nSPS) is 11.0. The molecule has 116 valence electrons. The van der Waals surface area contributed by atoms with Crippen LogP contribution in [0.5, 0.6) is 5.88 Å². The van der Waals surface area contributed by atoms with Gasteiger partial charge in [0.2, 0.25) is 15.9 Å². The van der Waals surface area contributed by atoms with Gasteiger partial charge < -0.3 is 4.74 Å². The molecule has 2 rings (SSSR count). The van der Waals surface area contributed by atoms with Crippen molar-refractivity contribution < 1.29 is 17.9 Å². The van der Waals surface area contributed by atoms with Crippen molar-refractivity contribution in [2.45, 2.75) is 6.61 Å². The Morgan fingerprint density at radius 1 is 1.23 bits per heavy atom. The molecule has 0 saturated heterocycles. The first-order valence-corrected chi connectivity index (χ1v) is 8.46. The fraction of sp³-hybridized carbons (Fsp3) is 0.143. The SMILES string of the molecule is CS(=O)(=O)NC(=O)c1ccc(COc2ccc(Cl)cn2)cc1. The Morgan fingerprint density at radius 2 is 1.91 bits per heavy atom. The quantitative estimate of drug-likeness (QED) is 0.899. The molecular weight excluding hydrogens is 328 g/mol. The summed E-state index contributed by atoms with van der Waals surface area (Å²) in [6.45, 7) is 0.266. The van der Waals surface area contributed by atoms with Crippen LogP contribution in [0.4, 0.5) is 0 Å². The molecule has 0 fully saturated rings. The number of hydrogen-bond donors (Lipinski definition) is 1. The van der Waals surface area contributed by atoms with E-state index in [-0.39, 0.29) is 12.2 Å². The molecule has 0 unspecified atom stereocenters. The summed E-state index contributed by atoms with van der Waals surface area (Å²) in [7, 11) is -3.57. The molecule has 0 bridgehead atoms. The van der Waals surface area contributed by atoms with Crippen LogP contribution in [-0.2, 0) is 16.6 Å². The molecule has 1 amide bonds. The van der Waals surface area contributed by atoms with Gasteiger partial charge >= 0.3 is 0 Å². The van der Waals surface area contributed by atoms with E-state index in [9.17, 15) is 13.2 Å². The minimum absolute atomic E-state index is 0.249. The number of carbonyl (C=O) groups excluding carboxylic acids is 1. The topological polar surface area (TPSA) is 85.4 Å². The average molecular weight is 341 g/mol. The van der Waals surface area contributed by atoms with Gasteiger partial charge in [-0.05, 0) is 23.8 Å². The van der Waals surface area contributed by atoms with Crippen molar-refractivity contribution in [1.82, 2.24) is 9.71 Å². The van der Waals surface area contributed by atoms with Gasteiger partial charge in [-0.2, -0.15) is 0 Å². The number of halogens is 1. The molecule has 0 saturated carbocycles. The molecule has 0 aliphatic heterocycles. The Hall–Kier alpha value is -2.12. The lowest BCUT2D eigenvalue weighted by Crippen LogP contribution is -2.29. The zero-order valence-electron chi connectivity index (χ0n) is 11.6. The first kappa shape index (κ1) is 16.3. The van der Waals surface area contributed by atoms with Gasteiger partial charge in [0.25, 0.3) is 5.91 Å². The third-order valence-corrected chi connectivity index (χ3v) is 3.36. The maximum Gasteiger partial charge on any atom is 0.264 e. The average Bonchev–Trinajstić information content (AvgIpc) is 2.45. The van der Waals surface area contributed by atoms with Crippen LogP contribution in [0.3, 0.4) is 0 Å². The predicted molar refractivity (Wildman–Crippen MR) is 82.3 cm³/mol. The summed E-state index contributed by atoms with van der Waals surface area (Å²) in [5, 5.41) is 0.522. The van der Waals surface area contributed by atoms with Crippen molar-refractivity contribution >= 4 is 27.5 Å². The maximum atomic E-state index is 11.6. The summed E-state index contributed by atoms with van der Waals surface area (Å²) in [5.41, 5.74) is 1.06. The van der Waals surface area contributed by atoms with E-state index in [4.69, 9.17) is 16.3 Å². The third-order valence-electron chi connectivity index (χ3n) is 2.58. The Kier molecular flexibility index (Phi) is 4.99. The first-order valence-electron chi connectivity index (χ1n) is 6.19. The molecule has 22 heavy (non-hydrogen) atoms. The molecule has 0 spiro atoms. The van der Waals surface area contributed by atoms with Crippen LogP contribution in [0.15, 0.2) is 42.6 Å². The number of pyridine rings is 1. The van der Waals surface area contributed by atoms with E-state index in [0.717, 1.165) is 11.8 Å². The van der Waals surface area contributed by atoms with Crippen LogP contribution in [0.25, 0.3) is 0 Å². The number of amides is 1. The van der Waals surface area contributed by atoms with Gasteiger partial charge in [0, 0.05) is 17.8 Å². The predicted octanol–water partition coefficient (Wildman–Crippen LogP) is 2.00. The molecule has 0 radical (unpaired) electrons. The second-order valence-electron chi connectivity index (χ2n) is 4.50. The lowest BCUT2D eigenvalue weighted by molar-refractivity contribution is 0.0981. The zero-order valence-corrected chi connectivity index (χ0v) is 13.2. The highest BCUT2D eigenvalue weighted by Crippen LogP contribution is 2.13. The molecule has 1 heterocycles. The van der Waals surface area contributed by atoms with Crippen LogP contribution in [0.1, 0.15) is 15.9 Å². The van der Waals surface area contributed by atoms with E-state index in [1.165, 1.54) is 18.3 Å². The molecule has 0 aliphatic carbocycles. The van der Waals surface area contributed by atoms with Gasteiger partial charge in [-0.1, -0.05) is 23.7 Å². The van der Waals surface area contributed by atoms with Gasteiger partial charge in [-0.3, -0.25) is 4.79 Å². The second-order valence-corrected chi connectivity index (χ2v) is 6.69. The highest BCUT2D eigenvalue weighted by molar-refractivity contribution is 7.89. The molecular formula is C14H13ClN2O4S. The second kappa shape index (κ2) is 6.76. The van der Waals surface area contributed by atoms with E-state index >= 15 is 0 Å². The smallest absolute Gasteiger partial charge is 0.264 e. The van der Waals surface area contributed by atoms with Crippen LogP contribution in [0.2, 0.25) is 5.02 Å². The molecule has 0 atom stereocenters. The third kappa shape index (κ3) is 5.01. The van der Waals surface area contributed by atoms with Gasteiger partial charge in [0.1, 0.15) is 6.61 Å². The lowest BCUT2D eigenvalue weighted by Gasteiger charge is -2.06. The number of ether oxygens (including phenoxy) is 1. The Balaban J connectivity index is 1.97. The van der Waals surface area contributed by atoms with Crippen molar-refractivity contribution in [2.75, 3.05) is 6.26 Å². The number of nitrogens with one attached hydrogen (secondary N) is 1. The monoisotopic (exact) mass is 340 g/mol. The number of rotatable bonds is 5. The van der Waals surface area contributed by atoms with Gasteiger partial charge in [-0.25, -0.2) is 18.1 Å². The standard InChI is InChI=1S/C14H13ClN2O4S/c1-22(19,20)17-14(18)11-4-2-10(3-5-11)9-21-13-7-6-12(15)8-16-13/h2-8H,9H2,1H3,(H,17,18). The molecule has 1 aromatic heterocycles. The van der Waals surface area contributed by atoms with Crippen LogP contribution in [-0.4, -0.2) is 25.6 Å².